The molecule has 1 aliphatic rings. The summed E-state index contributed by atoms with van der Waals surface area (Å²) in [4.78, 5) is 27.7. The number of hydrogen-bond acceptors (Lipinski definition) is 4. The number of carbonyl (C=O) groups is 2. The summed E-state index contributed by atoms with van der Waals surface area (Å²) in [6.07, 6.45) is 4.26. The molecule has 1 saturated heterocycles. The van der Waals surface area contributed by atoms with Gasteiger partial charge in [0.1, 0.15) is 0 Å². The summed E-state index contributed by atoms with van der Waals surface area (Å²) in [7, 11) is 0. The minimum absolute atomic E-state index is 0.0639. The molecule has 1 fully saturated rings. The monoisotopic (exact) mass is 419 g/mol. The Morgan fingerprint density at radius 1 is 1.06 bits per heavy atom. The number of piperidine rings is 1. The standard InChI is InChI=1S/C24H29N5O2/c1-3-17(2)26-23(30)21-15-20(10-11-22(21)29-12-5-4-6-13-29)28-24(31)27-19-9-7-8-18(14-19)16-25/h7-11,14-15,17H,3-6,12-13H2,1-2H3,(H,26,30)(H2,27,28,31)/t17-/m1/s1. The van der Waals surface area contributed by atoms with Gasteiger partial charge in [-0.15, -0.1) is 0 Å². The van der Waals surface area contributed by atoms with Crippen LogP contribution in [0.5, 0.6) is 0 Å². The first-order valence-corrected chi connectivity index (χ1v) is 10.8. The van der Waals surface area contributed by atoms with Crippen LogP contribution in [0.2, 0.25) is 0 Å². The second-order valence-electron chi connectivity index (χ2n) is 7.83. The Bertz CT molecular complexity index is 976. The SMILES string of the molecule is CC[C@@H](C)NC(=O)c1cc(NC(=O)Nc2cccc(C#N)c2)ccc1N1CCCCC1. The molecule has 0 aromatic heterocycles. The molecule has 7 heteroatoms. The van der Waals surface area contributed by atoms with E-state index >= 15 is 0 Å². The van der Waals surface area contributed by atoms with Gasteiger partial charge in [0.25, 0.3) is 5.91 Å². The molecule has 31 heavy (non-hydrogen) atoms. The lowest BCUT2D eigenvalue weighted by Gasteiger charge is -2.31. The van der Waals surface area contributed by atoms with Crippen LogP contribution in [-0.2, 0) is 0 Å². The Morgan fingerprint density at radius 2 is 1.77 bits per heavy atom. The van der Waals surface area contributed by atoms with Gasteiger partial charge in [-0.05, 0) is 69.0 Å². The molecule has 0 unspecified atom stereocenters. The van der Waals surface area contributed by atoms with Crippen LogP contribution >= 0.6 is 0 Å². The number of nitriles is 1. The van der Waals surface area contributed by atoms with Crippen molar-refractivity contribution >= 4 is 29.0 Å². The van der Waals surface area contributed by atoms with Crippen LogP contribution in [0.1, 0.15) is 55.5 Å². The lowest BCUT2D eigenvalue weighted by Crippen LogP contribution is -2.35. The van der Waals surface area contributed by atoms with E-state index in [-0.39, 0.29) is 11.9 Å². The van der Waals surface area contributed by atoms with Crippen molar-refractivity contribution in [2.45, 2.75) is 45.6 Å². The summed E-state index contributed by atoms with van der Waals surface area (Å²) < 4.78 is 0. The molecular formula is C24H29N5O2. The van der Waals surface area contributed by atoms with Crippen LogP contribution in [0.15, 0.2) is 42.5 Å². The van der Waals surface area contributed by atoms with Gasteiger partial charge in [0.05, 0.1) is 17.2 Å². The number of carbonyl (C=O) groups excluding carboxylic acids is 2. The molecule has 0 aliphatic carbocycles. The summed E-state index contributed by atoms with van der Waals surface area (Å²) in [6.45, 7) is 5.85. The zero-order chi connectivity index (χ0) is 22.2. The molecular weight excluding hydrogens is 390 g/mol. The predicted molar refractivity (Wildman–Crippen MR) is 124 cm³/mol. The third kappa shape index (κ3) is 5.98. The van der Waals surface area contributed by atoms with Gasteiger partial charge in [-0.25, -0.2) is 4.79 Å². The van der Waals surface area contributed by atoms with Crippen LogP contribution in [-0.4, -0.2) is 31.1 Å². The minimum Gasteiger partial charge on any atom is -0.371 e. The quantitative estimate of drug-likeness (QED) is 0.631. The van der Waals surface area contributed by atoms with Crippen LogP contribution in [0, 0.1) is 11.3 Å². The van der Waals surface area contributed by atoms with E-state index in [2.05, 4.69) is 20.9 Å². The molecule has 3 N–H and O–H groups in total. The lowest BCUT2D eigenvalue weighted by atomic mass is 10.1. The second kappa shape index (κ2) is 10.5. The van der Waals surface area contributed by atoms with E-state index in [0.717, 1.165) is 38.0 Å². The first-order valence-electron chi connectivity index (χ1n) is 10.8. The van der Waals surface area contributed by atoms with E-state index < -0.39 is 6.03 Å². The fraction of sp³-hybridized carbons (Fsp3) is 0.375. The van der Waals surface area contributed by atoms with Gasteiger partial charge >= 0.3 is 6.03 Å². The number of rotatable bonds is 6. The van der Waals surface area contributed by atoms with Gasteiger partial charge in [0.15, 0.2) is 0 Å². The highest BCUT2D eigenvalue weighted by atomic mass is 16.2. The van der Waals surface area contributed by atoms with Crippen LogP contribution in [0.3, 0.4) is 0 Å². The molecule has 1 aliphatic heterocycles. The average molecular weight is 420 g/mol. The predicted octanol–water partition coefficient (Wildman–Crippen LogP) is 4.72. The fourth-order valence-electron chi connectivity index (χ4n) is 3.57. The zero-order valence-electron chi connectivity index (χ0n) is 18.1. The maximum absolute atomic E-state index is 13.0. The first kappa shape index (κ1) is 22.2. The minimum atomic E-state index is -0.436. The van der Waals surface area contributed by atoms with Crippen LogP contribution < -0.4 is 20.9 Å². The van der Waals surface area contributed by atoms with Crippen molar-refractivity contribution in [1.29, 1.82) is 5.26 Å². The van der Waals surface area contributed by atoms with Crippen LogP contribution in [0.4, 0.5) is 21.9 Å². The highest BCUT2D eigenvalue weighted by Gasteiger charge is 2.20. The summed E-state index contributed by atoms with van der Waals surface area (Å²) in [5.41, 5.74) is 2.98. The third-order valence-corrected chi connectivity index (χ3v) is 5.44. The summed E-state index contributed by atoms with van der Waals surface area (Å²) >= 11 is 0. The van der Waals surface area contributed by atoms with E-state index in [4.69, 9.17) is 5.26 Å². The Balaban J connectivity index is 1.80. The van der Waals surface area contributed by atoms with Gasteiger partial charge in [-0.3, -0.25) is 4.79 Å². The van der Waals surface area contributed by atoms with Gasteiger partial charge in [0.2, 0.25) is 0 Å². The van der Waals surface area contributed by atoms with E-state index in [1.807, 2.05) is 32.0 Å². The van der Waals surface area contributed by atoms with Crippen molar-refractivity contribution in [2.24, 2.45) is 0 Å². The van der Waals surface area contributed by atoms with E-state index in [0.29, 0.717) is 22.5 Å². The van der Waals surface area contributed by atoms with Gasteiger partial charge in [-0.2, -0.15) is 5.26 Å². The highest BCUT2D eigenvalue weighted by Crippen LogP contribution is 2.27. The molecule has 1 atom stereocenters. The van der Waals surface area contributed by atoms with E-state index in [9.17, 15) is 9.59 Å². The van der Waals surface area contributed by atoms with Gasteiger partial charge in [-0.1, -0.05) is 13.0 Å². The topological polar surface area (TPSA) is 97.3 Å². The smallest absolute Gasteiger partial charge is 0.323 e. The third-order valence-electron chi connectivity index (χ3n) is 5.44. The summed E-state index contributed by atoms with van der Waals surface area (Å²) in [5.74, 6) is -0.138. The second-order valence-corrected chi connectivity index (χ2v) is 7.83. The molecule has 2 aromatic rings. The lowest BCUT2D eigenvalue weighted by molar-refractivity contribution is 0.0939. The molecule has 3 amide bonds. The van der Waals surface area contributed by atoms with Crippen molar-refractivity contribution in [3.8, 4) is 6.07 Å². The molecule has 0 bridgehead atoms. The first-order chi connectivity index (χ1) is 15.0. The molecule has 0 spiro atoms. The van der Waals surface area contributed by atoms with Crippen molar-refractivity contribution in [3.05, 3.63) is 53.6 Å². The molecule has 3 rings (SSSR count). The zero-order valence-corrected chi connectivity index (χ0v) is 18.1. The Hall–Kier alpha value is -3.53. The Kier molecular flexibility index (Phi) is 7.50. The van der Waals surface area contributed by atoms with Crippen molar-refractivity contribution in [3.63, 3.8) is 0 Å². The van der Waals surface area contributed by atoms with E-state index in [1.165, 1.54) is 6.42 Å². The largest absolute Gasteiger partial charge is 0.371 e. The fourth-order valence-corrected chi connectivity index (χ4v) is 3.57. The average Bonchev–Trinajstić information content (AvgIpc) is 2.79. The molecule has 162 valence electrons. The normalized spacial score (nSPS) is 14.3. The Labute approximate surface area is 183 Å². The molecule has 2 aromatic carbocycles. The summed E-state index contributed by atoms with van der Waals surface area (Å²) in [6, 6.07) is 13.8. The Morgan fingerprint density at radius 3 is 2.45 bits per heavy atom. The number of nitrogens with one attached hydrogen (secondary N) is 3. The summed E-state index contributed by atoms with van der Waals surface area (Å²) in [5, 5.41) is 17.6. The highest BCUT2D eigenvalue weighted by molar-refractivity contribution is 6.04. The number of urea groups is 1. The molecule has 1 heterocycles. The molecule has 0 saturated carbocycles. The van der Waals surface area contributed by atoms with Crippen molar-refractivity contribution < 1.29 is 9.59 Å². The van der Waals surface area contributed by atoms with Crippen molar-refractivity contribution in [1.82, 2.24) is 5.32 Å². The number of amides is 3. The number of hydrogen-bond donors (Lipinski definition) is 3. The molecule has 7 nitrogen and oxygen atoms in total. The number of anilines is 3. The van der Waals surface area contributed by atoms with Gasteiger partial charge in [0, 0.05) is 36.2 Å². The van der Waals surface area contributed by atoms with Crippen molar-refractivity contribution in [2.75, 3.05) is 28.6 Å². The van der Waals surface area contributed by atoms with Gasteiger partial charge < -0.3 is 20.9 Å². The maximum Gasteiger partial charge on any atom is 0.323 e. The number of benzene rings is 2. The maximum atomic E-state index is 13.0. The molecule has 0 radical (unpaired) electrons. The van der Waals surface area contributed by atoms with E-state index in [1.54, 1.807) is 30.3 Å². The number of nitrogens with zero attached hydrogens (tertiary/aromatic N) is 2. The van der Waals surface area contributed by atoms with Crippen LogP contribution in [0.25, 0.3) is 0 Å².